The van der Waals surface area contributed by atoms with Gasteiger partial charge in [0.05, 0.1) is 15.7 Å². The van der Waals surface area contributed by atoms with Gasteiger partial charge in [0.25, 0.3) is 5.91 Å². The molecule has 7 nitrogen and oxygen atoms in total. The van der Waals surface area contributed by atoms with Gasteiger partial charge in [-0.15, -0.1) is 11.3 Å². The molecular formula is C18H21N5O2S. The van der Waals surface area contributed by atoms with E-state index in [1.165, 1.54) is 4.68 Å². The molecule has 1 fully saturated rings. The molecular weight excluding hydrogens is 350 g/mol. The number of thiazole rings is 1. The molecule has 4 rings (SSSR count). The van der Waals surface area contributed by atoms with Crippen LogP contribution in [0.1, 0.15) is 41.9 Å². The Balaban J connectivity index is 1.59. The average Bonchev–Trinajstić information content (AvgIpc) is 3.25. The highest BCUT2D eigenvalue weighted by atomic mass is 32.1. The average molecular weight is 371 g/mol. The van der Waals surface area contributed by atoms with Gasteiger partial charge in [-0.2, -0.15) is 5.10 Å². The smallest absolute Gasteiger partial charge is 0.338 e. The Morgan fingerprint density at radius 3 is 3.04 bits per heavy atom. The van der Waals surface area contributed by atoms with Gasteiger partial charge in [-0.25, -0.2) is 14.5 Å². The van der Waals surface area contributed by atoms with E-state index in [4.69, 9.17) is 0 Å². The van der Waals surface area contributed by atoms with Crippen molar-refractivity contribution in [3.8, 4) is 0 Å². The van der Waals surface area contributed by atoms with E-state index in [2.05, 4.69) is 10.1 Å². The quantitative estimate of drug-likeness (QED) is 0.708. The zero-order valence-corrected chi connectivity index (χ0v) is 15.7. The topological polar surface area (TPSA) is 73.0 Å². The summed E-state index contributed by atoms with van der Waals surface area (Å²) in [6.07, 6.45) is 1.84. The van der Waals surface area contributed by atoms with Crippen LogP contribution in [0.4, 0.5) is 0 Å². The molecule has 26 heavy (non-hydrogen) atoms. The normalized spacial score (nSPS) is 17.8. The van der Waals surface area contributed by atoms with Crippen molar-refractivity contribution in [2.75, 3.05) is 13.1 Å². The Bertz CT molecular complexity index is 1020. The molecule has 0 bridgehead atoms. The van der Waals surface area contributed by atoms with Crippen LogP contribution in [0.15, 0.2) is 28.5 Å². The fraction of sp³-hybridized carbons (Fsp3) is 0.444. The van der Waals surface area contributed by atoms with Crippen LogP contribution in [0.25, 0.3) is 10.2 Å². The molecule has 3 heterocycles. The molecule has 1 saturated heterocycles. The highest BCUT2D eigenvalue weighted by Crippen LogP contribution is 2.27. The molecule has 0 spiro atoms. The van der Waals surface area contributed by atoms with Gasteiger partial charge in [0.2, 0.25) is 0 Å². The molecule has 0 aliphatic carbocycles. The summed E-state index contributed by atoms with van der Waals surface area (Å²) in [6, 6.07) is 5.69. The number of nitrogens with zero attached hydrogens (tertiary/aromatic N) is 5. The zero-order valence-electron chi connectivity index (χ0n) is 14.9. The predicted molar refractivity (Wildman–Crippen MR) is 101 cm³/mol. The number of aryl methyl sites for hydroxylation is 1. The maximum atomic E-state index is 13.0. The lowest BCUT2D eigenvalue weighted by Crippen LogP contribution is -2.40. The van der Waals surface area contributed by atoms with Gasteiger partial charge in [-0.1, -0.05) is 0 Å². The second-order valence-electron chi connectivity index (χ2n) is 6.63. The number of benzene rings is 1. The van der Waals surface area contributed by atoms with Crippen LogP contribution in [0.3, 0.4) is 0 Å². The molecule has 1 aliphatic heterocycles. The molecule has 1 aromatic carbocycles. The third kappa shape index (κ3) is 2.84. The lowest BCUT2D eigenvalue weighted by Gasteiger charge is -2.32. The minimum atomic E-state index is -0.0973. The van der Waals surface area contributed by atoms with Gasteiger partial charge < -0.3 is 4.90 Å². The Morgan fingerprint density at radius 2 is 2.23 bits per heavy atom. The van der Waals surface area contributed by atoms with Gasteiger partial charge in [0.1, 0.15) is 5.82 Å². The maximum absolute atomic E-state index is 13.0. The number of hydrogen-bond donors (Lipinski definition) is 0. The monoisotopic (exact) mass is 371 g/mol. The van der Waals surface area contributed by atoms with Crippen molar-refractivity contribution in [3.05, 3.63) is 45.6 Å². The number of likely N-dealkylation sites (tertiary alicyclic amines) is 1. The first-order valence-corrected chi connectivity index (χ1v) is 9.72. The van der Waals surface area contributed by atoms with Gasteiger partial charge >= 0.3 is 5.69 Å². The highest BCUT2D eigenvalue weighted by Gasteiger charge is 2.29. The summed E-state index contributed by atoms with van der Waals surface area (Å²) in [5, 5.41) is 4.43. The molecule has 0 N–H and O–H groups in total. The van der Waals surface area contributed by atoms with E-state index < -0.39 is 0 Å². The zero-order chi connectivity index (χ0) is 18.3. The van der Waals surface area contributed by atoms with Crippen molar-refractivity contribution in [1.82, 2.24) is 24.2 Å². The lowest BCUT2D eigenvalue weighted by molar-refractivity contribution is 0.0703. The van der Waals surface area contributed by atoms with Crippen LogP contribution in [-0.2, 0) is 13.6 Å². The van der Waals surface area contributed by atoms with Crippen molar-refractivity contribution in [1.29, 1.82) is 0 Å². The summed E-state index contributed by atoms with van der Waals surface area (Å²) in [4.78, 5) is 31.3. The van der Waals surface area contributed by atoms with E-state index in [1.807, 2.05) is 30.0 Å². The first-order chi connectivity index (χ1) is 12.6. The number of aromatic nitrogens is 4. The number of carbonyl (C=O) groups is 1. The van der Waals surface area contributed by atoms with Crippen LogP contribution in [-0.4, -0.2) is 43.2 Å². The van der Waals surface area contributed by atoms with Crippen LogP contribution in [0, 0.1) is 0 Å². The van der Waals surface area contributed by atoms with Crippen molar-refractivity contribution in [2.24, 2.45) is 7.05 Å². The summed E-state index contributed by atoms with van der Waals surface area (Å²) in [5.41, 5.74) is 3.22. The fourth-order valence-electron chi connectivity index (χ4n) is 3.67. The third-order valence-corrected chi connectivity index (χ3v) is 5.81. The van der Waals surface area contributed by atoms with Crippen molar-refractivity contribution in [3.63, 3.8) is 0 Å². The van der Waals surface area contributed by atoms with Crippen molar-refractivity contribution in [2.45, 2.75) is 32.2 Å². The largest absolute Gasteiger partial charge is 0.345 e. The SMILES string of the molecule is CCn1c([C@H]2CCCN(C(=O)c3ccc4scnc4c3)C2)nn(C)c1=O. The lowest BCUT2D eigenvalue weighted by atomic mass is 9.96. The minimum absolute atomic E-state index is 0.0194. The van der Waals surface area contributed by atoms with E-state index in [0.29, 0.717) is 18.7 Å². The van der Waals surface area contributed by atoms with Crippen LogP contribution < -0.4 is 5.69 Å². The van der Waals surface area contributed by atoms with Crippen molar-refractivity contribution >= 4 is 27.5 Å². The Kier molecular flexibility index (Phi) is 4.36. The summed E-state index contributed by atoms with van der Waals surface area (Å²) < 4.78 is 4.17. The van der Waals surface area contributed by atoms with Gasteiger partial charge in [0.15, 0.2) is 0 Å². The molecule has 3 aromatic rings. The molecule has 0 unspecified atom stereocenters. The van der Waals surface area contributed by atoms with E-state index in [1.54, 1.807) is 28.5 Å². The second-order valence-corrected chi connectivity index (χ2v) is 7.52. The standard InChI is InChI=1S/C18H21N5O2S/c1-3-23-16(20-21(2)18(23)25)13-5-4-8-22(10-13)17(24)12-6-7-15-14(9-12)19-11-26-15/h6-7,9,11,13H,3-5,8,10H2,1-2H3/t13-/m0/s1. The Hall–Kier alpha value is -2.48. The first-order valence-electron chi connectivity index (χ1n) is 8.84. The van der Waals surface area contributed by atoms with Gasteiger partial charge in [-0.05, 0) is 38.0 Å². The van der Waals surface area contributed by atoms with E-state index in [0.717, 1.165) is 35.4 Å². The molecule has 1 aliphatic rings. The Labute approximate surface area is 154 Å². The van der Waals surface area contributed by atoms with Gasteiger partial charge in [0, 0.05) is 38.2 Å². The number of amides is 1. The van der Waals surface area contributed by atoms with E-state index in [9.17, 15) is 9.59 Å². The number of fused-ring (bicyclic) bond motifs is 1. The van der Waals surface area contributed by atoms with E-state index in [-0.39, 0.29) is 17.5 Å². The molecule has 0 saturated carbocycles. The molecule has 1 amide bonds. The first kappa shape index (κ1) is 17.0. The molecule has 0 radical (unpaired) electrons. The minimum Gasteiger partial charge on any atom is -0.338 e. The number of carbonyl (C=O) groups excluding carboxylic acids is 1. The number of piperidine rings is 1. The summed E-state index contributed by atoms with van der Waals surface area (Å²) in [7, 11) is 1.67. The molecule has 1 atom stereocenters. The molecule has 2 aromatic heterocycles. The van der Waals surface area contributed by atoms with Gasteiger partial charge in [-0.3, -0.25) is 9.36 Å². The predicted octanol–water partition coefficient (Wildman–Crippen LogP) is 2.23. The summed E-state index contributed by atoms with van der Waals surface area (Å²) in [6.45, 7) is 3.85. The van der Waals surface area contributed by atoms with Crippen LogP contribution in [0.2, 0.25) is 0 Å². The second kappa shape index (κ2) is 6.68. The molecule has 136 valence electrons. The fourth-order valence-corrected chi connectivity index (χ4v) is 4.33. The summed E-state index contributed by atoms with van der Waals surface area (Å²) >= 11 is 1.57. The Morgan fingerprint density at radius 1 is 1.38 bits per heavy atom. The highest BCUT2D eigenvalue weighted by molar-refractivity contribution is 7.16. The number of hydrogen-bond acceptors (Lipinski definition) is 5. The maximum Gasteiger partial charge on any atom is 0.345 e. The summed E-state index contributed by atoms with van der Waals surface area (Å²) in [5.74, 6) is 0.892. The number of rotatable bonds is 3. The van der Waals surface area contributed by atoms with Crippen LogP contribution in [0.5, 0.6) is 0 Å². The van der Waals surface area contributed by atoms with E-state index >= 15 is 0 Å². The van der Waals surface area contributed by atoms with Crippen LogP contribution >= 0.6 is 11.3 Å². The van der Waals surface area contributed by atoms with Crippen molar-refractivity contribution < 1.29 is 4.79 Å². The third-order valence-electron chi connectivity index (χ3n) is 5.00. The molecule has 8 heteroatoms.